The van der Waals surface area contributed by atoms with Crippen LogP contribution in [-0.2, 0) is 11.3 Å². The highest BCUT2D eigenvalue weighted by molar-refractivity contribution is 5.76. The number of aliphatic carboxylic acids is 1. The molecule has 0 aromatic heterocycles. The Labute approximate surface area is 111 Å². The van der Waals surface area contributed by atoms with E-state index < -0.39 is 29.8 Å². The minimum Gasteiger partial charge on any atom is -0.481 e. The van der Waals surface area contributed by atoms with Crippen molar-refractivity contribution >= 4 is 5.97 Å². The monoisotopic (exact) mass is 263 g/mol. The van der Waals surface area contributed by atoms with Gasteiger partial charge in [0.2, 0.25) is 0 Å². The lowest BCUT2D eigenvalue weighted by Crippen LogP contribution is -2.43. The first kappa shape index (κ1) is 12.6. The molecule has 1 aliphatic carbocycles. The number of hydrogen-bond acceptors (Lipinski definition) is 4. The molecule has 3 rings (SSSR count). The van der Waals surface area contributed by atoms with Crippen LogP contribution in [0, 0.1) is 17.3 Å². The number of carboxylic acids is 1. The van der Waals surface area contributed by atoms with E-state index in [2.05, 4.69) is 0 Å². The Morgan fingerprint density at radius 2 is 1.95 bits per heavy atom. The van der Waals surface area contributed by atoms with Crippen LogP contribution >= 0.6 is 0 Å². The van der Waals surface area contributed by atoms with Gasteiger partial charge in [-0.15, -0.1) is 0 Å². The van der Waals surface area contributed by atoms with Crippen LogP contribution in [0.25, 0.3) is 0 Å². The van der Waals surface area contributed by atoms with Crippen LogP contribution in [0.3, 0.4) is 0 Å². The fourth-order valence-electron chi connectivity index (χ4n) is 3.49. The quantitative estimate of drug-likeness (QED) is 0.739. The number of hydrogen-bond donors (Lipinski definition) is 3. The van der Waals surface area contributed by atoms with Gasteiger partial charge in [0.05, 0.1) is 5.92 Å². The predicted octanol–water partition coefficient (Wildman–Crippen LogP) is 0.476. The largest absolute Gasteiger partial charge is 0.481 e. The van der Waals surface area contributed by atoms with Crippen LogP contribution in [0.15, 0.2) is 30.3 Å². The van der Waals surface area contributed by atoms with E-state index in [0.29, 0.717) is 6.54 Å². The molecule has 5 atom stereocenters. The molecule has 2 aliphatic rings. The van der Waals surface area contributed by atoms with Gasteiger partial charge in [0.1, 0.15) is 12.5 Å². The van der Waals surface area contributed by atoms with E-state index in [1.165, 1.54) is 0 Å². The molecule has 1 saturated heterocycles. The molecule has 0 amide bonds. The molecule has 19 heavy (non-hydrogen) atoms. The first-order valence-corrected chi connectivity index (χ1v) is 6.36. The average Bonchev–Trinajstić information content (AvgIpc) is 2.98. The lowest BCUT2D eigenvalue weighted by Gasteiger charge is -2.30. The van der Waals surface area contributed by atoms with Crippen molar-refractivity contribution in [3.63, 3.8) is 0 Å². The minimum absolute atomic E-state index is 0.385. The van der Waals surface area contributed by atoms with Gasteiger partial charge in [-0.05, 0) is 5.56 Å². The zero-order chi connectivity index (χ0) is 13.8. The third-order valence-electron chi connectivity index (χ3n) is 4.64. The van der Waals surface area contributed by atoms with Gasteiger partial charge in [-0.25, -0.2) is 4.90 Å². The smallest absolute Gasteiger partial charge is 0.307 e. The van der Waals surface area contributed by atoms with E-state index in [-0.39, 0.29) is 5.92 Å². The molecule has 5 heteroatoms. The fourth-order valence-corrected chi connectivity index (χ4v) is 3.49. The number of rotatable bonds is 3. The summed E-state index contributed by atoms with van der Waals surface area (Å²) in [7, 11) is 0. The number of carbonyl (C=O) groups is 1. The second-order valence-corrected chi connectivity index (χ2v) is 5.65. The minimum atomic E-state index is -0.940. The molecule has 1 heterocycles. The molecule has 3 N–H and O–H groups in total. The standard InChI is InChI=1S/C14H17NO4/c1-14-9(10(14)12(17)18)11(16)15(13(14)19)7-8-5-3-2-4-6-8/h2-6,9-11,13,16,19H,7H2,1H3,(H,17,18). The van der Waals surface area contributed by atoms with Crippen molar-refractivity contribution in [2.24, 2.45) is 17.3 Å². The SMILES string of the molecule is CC12C(C(=O)O)C1C(O)N(Cc1ccccc1)C2O. The molecule has 2 fully saturated rings. The zero-order valence-electron chi connectivity index (χ0n) is 10.6. The van der Waals surface area contributed by atoms with Gasteiger partial charge in [0, 0.05) is 17.9 Å². The predicted molar refractivity (Wildman–Crippen MR) is 66.7 cm³/mol. The van der Waals surface area contributed by atoms with Crippen molar-refractivity contribution in [1.82, 2.24) is 4.90 Å². The Kier molecular flexibility index (Phi) is 2.67. The van der Waals surface area contributed by atoms with Gasteiger partial charge in [0.25, 0.3) is 0 Å². The number of likely N-dealkylation sites (tertiary alicyclic amines) is 1. The van der Waals surface area contributed by atoms with Gasteiger partial charge in [-0.3, -0.25) is 4.79 Å². The molecule has 1 saturated carbocycles. The molecule has 0 spiro atoms. The summed E-state index contributed by atoms with van der Waals surface area (Å²) in [4.78, 5) is 12.7. The summed E-state index contributed by atoms with van der Waals surface area (Å²) in [5.74, 6) is -1.97. The van der Waals surface area contributed by atoms with Crippen molar-refractivity contribution < 1.29 is 20.1 Å². The Bertz CT molecular complexity index is 505. The number of nitrogens with zero attached hydrogens (tertiary/aromatic N) is 1. The number of piperidine rings is 1. The molecule has 0 radical (unpaired) electrons. The molecule has 1 aromatic rings. The number of benzene rings is 1. The van der Waals surface area contributed by atoms with Crippen LogP contribution in [0.4, 0.5) is 0 Å². The van der Waals surface area contributed by atoms with E-state index in [1.54, 1.807) is 11.8 Å². The maximum absolute atomic E-state index is 11.1. The van der Waals surface area contributed by atoms with Crippen LogP contribution in [0.2, 0.25) is 0 Å². The topological polar surface area (TPSA) is 81.0 Å². The summed E-state index contributed by atoms with van der Waals surface area (Å²) in [6, 6.07) is 9.53. The van der Waals surface area contributed by atoms with Gasteiger partial charge >= 0.3 is 5.97 Å². The molecule has 102 valence electrons. The number of carboxylic acid groups (broad SMARTS) is 1. The lowest BCUT2D eigenvalue weighted by molar-refractivity contribution is -0.148. The number of fused-ring (bicyclic) bond motifs is 1. The molecular weight excluding hydrogens is 246 g/mol. The van der Waals surface area contributed by atoms with Crippen molar-refractivity contribution in [3.8, 4) is 0 Å². The normalized spacial score (nSPS) is 41.0. The Balaban J connectivity index is 1.79. The zero-order valence-corrected chi connectivity index (χ0v) is 10.6. The maximum atomic E-state index is 11.1. The van der Waals surface area contributed by atoms with Crippen molar-refractivity contribution in [2.75, 3.05) is 0 Å². The Hall–Kier alpha value is -1.43. The highest BCUT2D eigenvalue weighted by atomic mass is 16.4. The second-order valence-electron chi connectivity index (χ2n) is 5.65. The van der Waals surface area contributed by atoms with E-state index in [9.17, 15) is 15.0 Å². The second kappa shape index (κ2) is 4.03. The average molecular weight is 263 g/mol. The summed E-state index contributed by atoms with van der Waals surface area (Å²) >= 11 is 0. The molecule has 5 unspecified atom stereocenters. The summed E-state index contributed by atoms with van der Waals surface area (Å²) in [5.41, 5.74) is 0.248. The number of aliphatic hydroxyl groups is 2. The Morgan fingerprint density at radius 3 is 2.42 bits per heavy atom. The van der Waals surface area contributed by atoms with Gasteiger partial charge in [-0.1, -0.05) is 37.3 Å². The van der Waals surface area contributed by atoms with Crippen LogP contribution in [-0.4, -0.2) is 38.6 Å². The van der Waals surface area contributed by atoms with Gasteiger partial charge in [-0.2, -0.15) is 0 Å². The number of aliphatic hydroxyl groups excluding tert-OH is 2. The highest BCUT2D eigenvalue weighted by Gasteiger charge is 2.77. The first-order chi connectivity index (χ1) is 8.98. The van der Waals surface area contributed by atoms with Gasteiger partial charge < -0.3 is 15.3 Å². The van der Waals surface area contributed by atoms with Crippen LogP contribution in [0.1, 0.15) is 12.5 Å². The third-order valence-corrected chi connectivity index (χ3v) is 4.64. The summed E-state index contributed by atoms with van der Waals surface area (Å²) in [6.45, 7) is 2.15. The molecule has 0 bridgehead atoms. The van der Waals surface area contributed by atoms with E-state index >= 15 is 0 Å². The maximum Gasteiger partial charge on any atom is 0.307 e. The van der Waals surface area contributed by atoms with Crippen LogP contribution in [0.5, 0.6) is 0 Å². The lowest BCUT2D eigenvalue weighted by atomic mass is 10.0. The van der Waals surface area contributed by atoms with Crippen molar-refractivity contribution in [3.05, 3.63) is 35.9 Å². The summed E-state index contributed by atoms with van der Waals surface area (Å²) in [6.07, 6.45) is -1.82. The van der Waals surface area contributed by atoms with E-state index in [1.807, 2.05) is 30.3 Å². The highest BCUT2D eigenvalue weighted by Crippen LogP contribution is 2.68. The van der Waals surface area contributed by atoms with Gasteiger partial charge in [0.15, 0.2) is 0 Å². The summed E-state index contributed by atoms with van der Waals surface area (Å²) < 4.78 is 0. The van der Waals surface area contributed by atoms with E-state index in [0.717, 1.165) is 5.56 Å². The summed E-state index contributed by atoms with van der Waals surface area (Å²) in [5, 5.41) is 29.6. The van der Waals surface area contributed by atoms with Crippen molar-refractivity contribution in [2.45, 2.75) is 25.9 Å². The fraction of sp³-hybridized carbons (Fsp3) is 0.500. The third kappa shape index (κ3) is 1.62. The van der Waals surface area contributed by atoms with E-state index in [4.69, 9.17) is 5.11 Å². The van der Waals surface area contributed by atoms with Crippen molar-refractivity contribution in [1.29, 1.82) is 0 Å². The Morgan fingerprint density at radius 1 is 1.32 bits per heavy atom. The molecular formula is C14H17NO4. The molecule has 1 aliphatic heterocycles. The molecule has 1 aromatic carbocycles. The van der Waals surface area contributed by atoms with Crippen LogP contribution < -0.4 is 0 Å². The molecule has 5 nitrogen and oxygen atoms in total. The first-order valence-electron chi connectivity index (χ1n) is 6.36.